The molecule has 0 atom stereocenters. The molecule has 10 N–H and O–H groups in total. The van der Waals surface area contributed by atoms with Crippen molar-refractivity contribution in [2.75, 3.05) is 24.6 Å². The number of benzene rings is 8. The topological polar surface area (TPSA) is 205 Å². The lowest BCUT2D eigenvalue weighted by Gasteiger charge is -2.10. The first-order chi connectivity index (χ1) is 30.3. The van der Waals surface area contributed by atoms with Gasteiger partial charge < -0.3 is 32.9 Å². The number of carbonyl (C=O) groups is 2. The highest BCUT2D eigenvalue weighted by atomic mass is 16.2. The van der Waals surface area contributed by atoms with Gasteiger partial charge in [0.25, 0.3) is 0 Å². The standard InChI is InChI=1S/2C25H19N5O/c26-12-22(31)30-24-18-7-2-1-5-15(18)16-10-9-14(27)11-19(16)23(24)29-25(30)20-13-28-21-8-4-3-6-17(20)21;26-12-22(31)30-13-20(17-6-3-4-8-21(17)30)25-28-23-18-7-2-1-5-15(18)16-10-9-14(27)11-19(16)24(23)29-25/h1-11,13,28H,12,26-27H2;1-11,13H,12,26-27H2,(H,28,29). The number of anilines is 2. The molecular weight excluding hydrogens is 773 g/mol. The molecule has 12 nitrogen and oxygen atoms in total. The summed E-state index contributed by atoms with van der Waals surface area (Å²) in [5.74, 6) is 0.899. The Bertz CT molecular complexity index is 3810. The number of nitrogens with zero attached hydrogens (tertiary/aromatic N) is 4. The van der Waals surface area contributed by atoms with Gasteiger partial charge in [-0.15, -0.1) is 0 Å². The van der Waals surface area contributed by atoms with E-state index in [1.165, 1.54) is 0 Å². The van der Waals surface area contributed by atoms with Crippen molar-refractivity contribution in [1.82, 2.24) is 29.1 Å². The van der Waals surface area contributed by atoms with E-state index in [4.69, 9.17) is 32.9 Å². The maximum atomic E-state index is 13.2. The fraction of sp³-hybridized carbons (Fsp3) is 0.0400. The lowest BCUT2D eigenvalue weighted by atomic mass is 9.99. The van der Waals surface area contributed by atoms with Gasteiger partial charge in [0.15, 0.2) is 0 Å². The van der Waals surface area contributed by atoms with Crippen molar-refractivity contribution in [3.05, 3.63) is 146 Å². The van der Waals surface area contributed by atoms with Crippen LogP contribution in [0.4, 0.5) is 11.4 Å². The largest absolute Gasteiger partial charge is 0.399 e. The summed E-state index contributed by atoms with van der Waals surface area (Å²) in [7, 11) is 0. The average molecular weight is 811 g/mol. The van der Waals surface area contributed by atoms with Crippen LogP contribution in [0.1, 0.15) is 9.59 Å². The third-order valence-electron chi connectivity index (χ3n) is 11.8. The molecule has 0 bridgehead atoms. The molecule has 0 amide bonds. The lowest BCUT2D eigenvalue weighted by molar-refractivity contribution is 0.0921. The smallest absolute Gasteiger partial charge is 0.246 e. The van der Waals surface area contributed by atoms with Crippen LogP contribution in [0.25, 0.3) is 110 Å². The number of carbonyl (C=O) groups excluding carboxylic acids is 2. The monoisotopic (exact) mass is 810 g/mol. The number of fused-ring (bicyclic) bond motifs is 14. The zero-order valence-electron chi connectivity index (χ0n) is 33.2. The third kappa shape index (κ3) is 5.55. The molecule has 0 aliphatic heterocycles. The van der Waals surface area contributed by atoms with Crippen LogP contribution in [-0.2, 0) is 0 Å². The van der Waals surface area contributed by atoms with Crippen LogP contribution >= 0.6 is 0 Å². The van der Waals surface area contributed by atoms with Gasteiger partial charge >= 0.3 is 0 Å². The first-order valence-electron chi connectivity index (χ1n) is 20.2. The van der Waals surface area contributed by atoms with Crippen LogP contribution in [0.5, 0.6) is 0 Å². The van der Waals surface area contributed by atoms with E-state index in [1.54, 1.807) is 9.13 Å². The highest BCUT2D eigenvalue weighted by Crippen LogP contribution is 2.40. The van der Waals surface area contributed by atoms with Crippen LogP contribution in [0.2, 0.25) is 0 Å². The SMILES string of the molecule is NCC(=O)n1c(-c2c[nH]c3ccccc23)nc2c3cc(N)ccc3c3ccccc3c21.NCC(=O)n1cc(-c2nc3c4cc(N)ccc4c4ccccc4c3[nH]2)c2ccccc21. The minimum atomic E-state index is -0.212. The molecule has 4 heterocycles. The lowest BCUT2D eigenvalue weighted by Crippen LogP contribution is -2.21. The van der Waals surface area contributed by atoms with E-state index in [1.807, 2.05) is 128 Å². The highest BCUT2D eigenvalue weighted by molar-refractivity contribution is 6.26. The number of nitrogen functional groups attached to an aromatic ring is 2. The molecule has 62 heavy (non-hydrogen) atoms. The Morgan fingerprint density at radius 3 is 1.81 bits per heavy atom. The summed E-state index contributed by atoms with van der Waals surface area (Å²) in [4.78, 5) is 42.4. The quantitative estimate of drug-likeness (QED) is 0.0744. The summed E-state index contributed by atoms with van der Waals surface area (Å²) in [5, 5.41) is 10.2. The number of nitrogens with one attached hydrogen (secondary N) is 2. The normalized spacial score (nSPS) is 11.8. The number of para-hydroxylation sites is 2. The minimum absolute atomic E-state index is 0.0627. The Morgan fingerprint density at radius 1 is 0.548 bits per heavy atom. The molecule has 0 fully saturated rings. The average Bonchev–Trinajstić information content (AvgIpc) is 4.12. The van der Waals surface area contributed by atoms with E-state index in [0.29, 0.717) is 23.0 Å². The van der Waals surface area contributed by atoms with Crippen molar-refractivity contribution in [2.45, 2.75) is 0 Å². The van der Waals surface area contributed by atoms with Crippen molar-refractivity contribution < 1.29 is 9.59 Å². The molecule has 0 aliphatic rings. The van der Waals surface area contributed by atoms with Crippen molar-refractivity contribution in [3.63, 3.8) is 0 Å². The van der Waals surface area contributed by atoms with Gasteiger partial charge in [0.1, 0.15) is 11.6 Å². The summed E-state index contributed by atoms with van der Waals surface area (Å²) < 4.78 is 3.27. The zero-order valence-corrected chi connectivity index (χ0v) is 33.2. The Labute approximate surface area is 352 Å². The maximum Gasteiger partial charge on any atom is 0.246 e. The van der Waals surface area contributed by atoms with Crippen molar-refractivity contribution >= 4 is 110 Å². The molecule has 12 aromatic rings. The van der Waals surface area contributed by atoms with E-state index < -0.39 is 0 Å². The van der Waals surface area contributed by atoms with Crippen LogP contribution in [-0.4, -0.2) is 54.0 Å². The molecule has 8 aromatic carbocycles. The summed E-state index contributed by atoms with van der Waals surface area (Å²) >= 11 is 0. The predicted molar refractivity (Wildman–Crippen MR) is 252 cm³/mol. The third-order valence-corrected chi connectivity index (χ3v) is 11.8. The van der Waals surface area contributed by atoms with Gasteiger partial charge in [0.05, 0.1) is 40.7 Å². The molecule has 12 rings (SSSR count). The second-order valence-corrected chi connectivity index (χ2v) is 15.4. The number of aromatic amines is 2. The second kappa shape index (κ2) is 14.2. The molecule has 12 heteroatoms. The number of imidazole rings is 2. The highest BCUT2D eigenvalue weighted by Gasteiger charge is 2.24. The van der Waals surface area contributed by atoms with Gasteiger partial charge in [-0.2, -0.15) is 0 Å². The van der Waals surface area contributed by atoms with Crippen molar-refractivity contribution in [3.8, 4) is 22.8 Å². The van der Waals surface area contributed by atoms with Crippen LogP contribution in [0.15, 0.2) is 146 Å². The number of hydrogen-bond acceptors (Lipinski definition) is 8. The molecule has 0 radical (unpaired) electrons. The van der Waals surface area contributed by atoms with E-state index in [0.717, 1.165) is 98.1 Å². The molecule has 0 unspecified atom stereocenters. The van der Waals surface area contributed by atoms with Gasteiger partial charge in [0, 0.05) is 72.7 Å². The molecule has 300 valence electrons. The number of aromatic nitrogens is 6. The fourth-order valence-electron chi connectivity index (χ4n) is 9.04. The number of hydrogen-bond donors (Lipinski definition) is 6. The van der Waals surface area contributed by atoms with Crippen molar-refractivity contribution in [1.29, 1.82) is 0 Å². The van der Waals surface area contributed by atoms with Gasteiger partial charge in [-0.3, -0.25) is 18.7 Å². The first-order valence-corrected chi connectivity index (χ1v) is 20.2. The van der Waals surface area contributed by atoms with Gasteiger partial charge in [-0.25, -0.2) is 9.97 Å². The number of rotatable bonds is 4. The summed E-state index contributed by atoms with van der Waals surface area (Å²) in [6.45, 7) is -0.184. The van der Waals surface area contributed by atoms with Crippen LogP contribution in [0.3, 0.4) is 0 Å². The predicted octanol–water partition coefficient (Wildman–Crippen LogP) is 9.34. The second-order valence-electron chi connectivity index (χ2n) is 15.4. The van der Waals surface area contributed by atoms with Crippen LogP contribution < -0.4 is 22.9 Å². The summed E-state index contributed by atoms with van der Waals surface area (Å²) in [5.41, 5.74) is 31.9. The van der Waals surface area contributed by atoms with Gasteiger partial charge in [0.2, 0.25) is 11.8 Å². The van der Waals surface area contributed by atoms with Crippen LogP contribution in [0, 0.1) is 0 Å². The van der Waals surface area contributed by atoms with Gasteiger partial charge in [-0.1, -0.05) is 97.1 Å². The van der Waals surface area contributed by atoms with Gasteiger partial charge in [-0.05, 0) is 57.9 Å². The molecule has 4 aromatic heterocycles. The molecular formula is C50H38N10O2. The Balaban J connectivity index is 0.000000139. The van der Waals surface area contributed by atoms with E-state index in [9.17, 15) is 9.59 Å². The Hall–Kier alpha value is -8.32. The Kier molecular flexibility index (Phi) is 8.39. The summed E-state index contributed by atoms with van der Waals surface area (Å²) in [6.07, 6.45) is 3.71. The van der Waals surface area contributed by atoms with Crippen molar-refractivity contribution in [2.24, 2.45) is 11.5 Å². The van der Waals surface area contributed by atoms with E-state index in [-0.39, 0.29) is 24.9 Å². The van der Waals surface area contributed by atoms with E-state index in [2.05, 4.69) is 28.2 Å². The molecule has 0 spiro atoms. The molecule has 0 aliphatic carbocycles. The maximum absolute atomic E-state index is 13.2. The molecule has 0 saturated heterocycles. The molecule has 0 saturated carbocycles. The fourth-order valence-corrected chi connectivity index (χ4v) is 9.04. The Morgan fingerprint density at radius 2 is 1.11 bits per heavy atom. The summed E-state index contributed by atoms with van der Waals surface area (Å²) in [6, 6.07) is 43.8. The number of H-pyrrole nitrogens is 2. The first kappa shape index (κ1) is 36.7. The van der Waals surface area contributed by atoms with E-state index >= 15 is 0 Å². The minimum Gasteiger partial charge on any atom is -0.399 e. The zero-order chi connectivity index (χ0) is 42.2. The number of nitrogens with two attached hydrogens (primary N) is 4.